The van der Waals surface area contributed by atoms with E-state index in [0.29, 0.717) is 6.54 Å². The third-order valence-corrected chi connectivity index (χ3v) is 4.85. The van der Waals surface area contributed by atoms with Crippen molar-refractivity contribution in [1.82, 2.24) is 14.5 Å². The number of carboxylic acids is 1. The zero-order valence-electron chi connectivity index (χ0n) is 12.1. The van der Waals surface area contributed by atoms with Crippen LogP contribution < -0.4 is 5.32 Å². The summed E-state index contributed by atoms with van der Waals surface area (Å²) >= 11 is 0. The van der Waals surface area contributed by atoms with Gasteiger partial charge in [0.1, 0.15) is 0 Å². The normalized spacial score (nSPS) is 19.6. The van der Waals surface area contributed by atoms with Gasteiger partial charge in [-0.25, -0.2) is 17.5 Å². The number of nitrogens with one attached hydrogen (secondary N) is 1. The SMILES string of the molecule is CN(C)S(=O)(=O)CCNC(=O)N1CCOC(CC(=O)O)C1. The number of nitrogens with zero attached hydrogens (tertiary/aromatic N) is 2. The third-order valence-electron chi connectivity index (χ3n) is 3.02. The molecule has 0 spiro atoms. The molecule has 0 saturated carbocycles. The Labute approximate surface area is 123 Å². The lowest BCUT2D eigenvalue weighted by atomic mass is 10.2. The molecule has 0 radical (unpaired) electrons. The first kappa shape index (κ1) is 17.7. The number of hydrogen-bond acceptors (Lipinski definition) is 5. The smallest absolute Gasteiger partial charge is 0.317 e. The third kappa shape index (κ3) is 5.86. The number of ether oxygens (including phenoxy) is 1. The number of carboxylic acid groups (broad SMARTS) is 1. The van der Waals surface area contributed by atoms with Crippen molar-refractivity contribution >= 4 is 22.0 Å². The van der Waals surface area contributed by atoms with Crippen molar-refractivity contribution in [1.29, 1.82) is 0 Å². The average Bonchev–Trinajstić information content (AvgIpc) is 2.37. The molecule has 2 N–H and O–H groups in total. The van der Waals surface area contributed by atoms with Crippen LogP contribution in [-0.2, 0) is 19.6 Å². The zero-order valence-corrected chi connectivity index (χ0v) is 12.9. The number of urea groups is 1. The maximum absolute atomic E-state index is 11.9. The average molecular weight is 323 g/mol. The Balaban J connectivity index is 2.40. The van der Waals surface area contributed by atoms with Crippen LogP contribution in [0.25, 0.3) is 0 Å². The van der Waals surface area contributed by atoms with Crippen LogP contribution in [0.2, 0.25) is 0 Å². The molecule has 1 rings (SSSR count). The van der Waals surface area contributed by atoms with E-state index in [9.17, 15) is 18.0 Å². The number of carbonyl (C=O) groups excluding carboxylic acids is 1. The Morgan fingerprint density at radius 1 is 1.43 bits per heavy atom. The van der Waals surface area contributed by atoms with Crippen molar-refractivity contribution < 1.29 is 27.9 Å². The highest BCUT2D eigenvalue weighted by atomic mass is 32.2. The van der Waals surface area contributed by atoms with Crippen LogP contribution in [0.3, 0.4) is 0 Å². The van der Waals surface area contributed by atoms with Gasteiger partial charge < -0.3 is 20.1 Å². The Kier molecular flexibility index (Phi) is 6.37. The van der Waals surface area contributed by atoms with E-state index < -0.39 is 28.1 Å². The van der Waals surface area contributed by atoms with Gasteiger partial charge >= 0.3 is 12.0 Å². The van der Waals surface area contributed by atoms with Crippen LogP contribution in [0.1, 0.15) is 6.42 Å². The minimum Gasteiger partial charge on any atom is -0.481 e. The predicted octanol–water partition coefficient (Wildman–Crippen LogP) is -1.24. The molecule has 21 heavy (non-hydrogen) atoms. The van der Waals surface area contributed by atoms with Gasteiger partial charge in [0.2, 0.25) is 10.0 Å². The summed E-state index contributed by atoms with van der Waals surface area (Å²) < 4.78 is 29.4. The highest BCUT2D eigenvalue weighted by Gasteiger charge is 2.26. The van der Waals surface area contributed by atoms with E-state index in [1.54, 1.807) is 0 Å². The molecule has 0 bridgehead atoms. The Morgan fingerprint density at radius 3 is 2.67 bits per heavy atom. The standard InChI is InChI=1S/C11H21N3O6S/c1-13(2)21(18,19)6-3-12-11(17)14-4-5-20-9(8-14)7-10(15)16/h9H,3-8H2,1-2H3,(H,12,17)(H,15,16). The fourth-order valence-electron chi connectivity index (χ4n) is 1.80. The fraction of sp³-hybridized carbons (Fsp3) is 0.818. The lowest BCUT2D eigenvalue weighted by Crippen LogP contribution is -2.50. The number of rotatable bonds is 6. The number of amides is 2. The van der Waals surface area contributed by atoms with Gasteiger partial charge in [-0.2, -0.15) is 0 Å². The molecule has 1 atom stereocenters. The molecule has 1 heterocycles. The number of carbonyl (C=O) groups is 2. The Hall–Kier alpha value is -1.39. The van der Waals surface area contributed by atoms with Crippen molar-refractivity contribution in [3.05, 3.63) is 0 Å². The summed E-state index contributed by atoms with van der Waals surface area (Å²) in [5.41, 5.74) is 0. The largest absolute Gasteiger partial charge is 0.481 e. The van der Waals surface area contributed by atoms with Crippen molar-refractivity contribution in [2.24, 2.45) is 0 Å². The first-order valence-corrected chi connectivity index (χ1v) is 8.09. The predicted molar refractivity (Wildman–Crippen MR) is 74.4 cm³/mol. The van der Waals surface area contributed by atoms with Crippen molar-refractivity contribution in [3.8, 4) is 0 Å². The first-order chi connectivity index (χ1) is 9.72. The highest BCUT2D eigenvalue weighted by molar-refractivity contribution is 7.89. The van der Waals surface area contributed by atoms with Crippen LogP contribution in [0.5, 0.6) is 0 Å². The van der Waals surface area contributed by atoms with Gasteiger partial charge in [-0.3, -0.25) is 4.79 Å². The van der Waals surface area contributed by atoms with Gasteiger partial charge in [-0.1, -0.05) is 0 Å². The molecule has 0 aliphatic carbocycles. The lowest BCUT2D eigenvalue weighted by molar-refractivity contribution is -0.141. The highest BCUT2D eigenvalue weighted by Crippen LogP contribution is 2.08. The summed E-state index contributed by atoms with van der Waals surface area (Å²) in [6, 6.07) is -0.414. The maximum Gasteiger partial charge on any atom is 0.317 e. The second-order valence-corrected chi connectivity index (χ2v) is 7.17. The van der Waals surface area contributed by atoms with Gasteiger partial charge in [0.25, 0.3) is 0 Å². The summed E-state index contributed by atoms with van der Waals surface area (Å²) in [5.74, 6) is -1.17. The summed E-state index contributed by atoms with van der Waals surface area (Å²) in [6.45, 7) is 0.794. The van der Waals surface area contributed by atoms with Crippen LogP contribution in [-0.4, -0.2) is 86.9 Å². The van der Waals surface area contributed by atoms with E-state index in [1.165, 1.54) is 19.0 Å². The van der Waals surface area contributed by atoms with Gasteiger partial charge in [0.05, 0.1) is 24.9 Å². The zero-order chi connectivity index (χ0) is 16.0. The minimum absolute atomic E-state index is 0.000299. The molecule has 1 saturated heterocycles. The maximum atomic E-state index is 11.9. The molecular weight excluding hydrogens is 302 g/mol. The van der Waals surface area contributed by atoms with Gasteiger partial charge in [-0.05, 0) is 0 Å². The van der Waals surface area contributed by atoms with Crippen molar-refractivity contribution in [2.45, 2.75) is 12.5 Å². The molecule has 122 valence electrons. The molecule has 1 aliphatic rings. The summed E-state index contributed by atoms with van der Waals surface area (Å²) in [5, 5.41) is 11.2. The number of hydrogen-bond donors (Lipinski definition) is 2. The van der Waals surface area contributed by atoms with Crippen LogP contribution in [0.15, 0.2) is 0 Å². The second-order valence-electron chi connectivity index (χ2n) is 4.87. The molecule has 2 amide bonds. The van der Waals surface area contributed by atoms with Crippen LogP contribution in [0.4, 0.5) is 4.79 Å². The van der Waals surface area contributed by atoms with Crippen LogP contribution in [0, 0.1) is 0 Å². The Bertz CT molecular complexity index is 478. The van der Waals surface area contributed by atoms with Crippen LogP contribution >= 0.6 is 0 Å². The Morgan fingerprint density at radius 2 is 2.10 bits per heavy atom. The van der Waals surface area contributed by atoms with Gasteiger partial charge in [0.15, 0.2) is 0 Å². The van der Waals surface area contributed by atoms with E-state index >= 15 is 0 Å². The number of morpholine rings is 1. The van der Waals surface area contributed by atoms with E-state index in [0.717, 1.165) is 4.31 Å². The number of sulfonamides is 1. The van der Waals surface area contributed by atoms with Gasteiger partial charge in [0, 0.05) is 33.7 Å². The second kappa shape index (κ2) is 7.57. The fourth-order valence-corrected chi connectivity index (χ4v) is 2.53. The quantitative estimate of drug-likeness (QED) is 0.632. The van der Waals surface area contributed by atoms with E-state index in [1.807, 2.05) is 0 Å². The molecule has 0 aromatic heterocycles. The van der Waals surface area contributed by atoms with Gasteiger partial charge in [-0.15, -0.1) is 0 Å². The molecule has 1 unspecified atom stereocenters. The van der Waals surface area contributed by atoms with Crippen molar-refractivity contribution in [2.75, 3.05) is 46.1 Å². The van der Waals surface area contributed by atoms with E-state index in [4.69, 9.17) is 9.84 Å². The first-order valence-electron chi connectivity index (χ1n) is 6.48. The molecule has 9 nitrogen and oxygen atoms in total. The molecule has 1 fully saturated rings. The molecule has 0 aromatic carbocycles. The summed E-state index contributed by atoms with van der Waals surface area (Å²) in [7, 11) is -0.501. The molecule has 0 aromatic rings. The lowest BCUT2D eigenvalue weighted by Gasteiger charge is -2.32. The van der Waals surface area contributed by atoms with E-state index in [2.05, 4.69) is 5.32 Å². The summed E-state index contributed by atoms with van der Waals surface area (Å²) in [4.78, 5) is 23.9. The molecule has 1 aliphatic heterocycles. The number of aliphatic carboxylic acids is 1. The minimum atomic E-state index is -3.35. The molecular formula is C11H21N3O6S. The van der Waals surface area contributed by atoms with E-state index in [-0.39, 0.29) is 31.9 Å². The topological polar surface area (TPSA) is 116 Å². The monoisotopic (exact) mass is 323 g/mol. The molecule has 10 heteroatoms. The summed E-state index contributed by atoms with van der Waals surface area (Å²) in [6.07, 6.45) is -0.703. The van der Waals surface area contributed by atoms with Crippen molar-refractivity contribution in [3.63, 3.8) is 0 Å².